The number of pyridine rings is 1. The first-order chi connectivity index (χ1) is 9.08. The van der Waals surface area contributed by atoms with Crippen LogP contribution in [0.5, 0.6) is 0 Å². The molecule has 0 saturated heterocycles. The number of benzene rings is 1. The second kappa shape index (κ2) is 6.13. The third kappa shape index (κ3) is 3.52. The Bertz CT molecular complexity index is 545. The monoisotopic (exact) mass is 278 g/mol. The Morgan fingerprint density at radius 1 is 1.05 bits per heavy atom. The molecule has 4 heteroatoms. The Kier molecular flexibility index (Phi) is 4.51. The van der Waals surface area contributed by atoms with Crippen LogP contribution in [0.15, 0.2) is 42.7 Å². The molecule has 0 aliphatic heterocycles. The number of halogens is 2. The Balaban J connectivity index is 2.08. The Labute approximate surface area is 117 Å². The summed E-state index contributed by atoms with van der Waals surface area (Å²) in [6.45, 7) is 4.07. The molecule has 2 atom stereocenters. The molecule has 0 fully saturated rings. The highest BCUT2D eigenvalue weighted by Crippen LogP contribution is 2.22. The fourth-order valence-corrected chi connectivity index (χ4v) is 2.12. The summed E-state index contributed by atoms with van der Waals surface area (Å²) in [5.74, 6) is -0.385. The van der Waals surface area contributed by atoms with Crippen molar-refractivity contribution in [2.45, 2.75) is 25.9 Å². The third-order valence-electron chi connectivity index (χ3n) is 3.15. The van der Waals surface area contributed by atoms with Crippen LogP contribution in [0.3, 0.4) is 0 Å². The van der Waals surface area contributed by atoms with Gasteiger partial charge in [0, 0.05) is 24.5 Å². The van der Waals surface area contributed by atoms with E-state index in [1.165, 1.54) is 6.07 Å². The molecule has 0 radical (unpaired) electrons. The van der Waals surface area contributed by atoms with E-state index in [2.05, 4.69) is 17.2 Å². The van der Waals surface area contributed by atoms with E-state index in [0.29, 0.717) is 0 Å². The Morgan fingerprint density at radius 3 is 2.32 bits per heavy atom. The van der Waals surface area contributed by atoms with Gasteiger partial charge in [-0.05, 0) is 49.2 Å². The van der Waals surface area contributed by atoms with Crippen molar-refractivity contribution >= 4 is 11.6 Å². The number of hydrogen-bond acceptors (Lipinski definition) is 2. The minimum absolute atomic E-state index is 0.0370. The van der Waals surface area contributed by atoms with E-state index in [-0.39, 0.29) is 22.9 Å². The van der Waals surface area contributed by atoms with Gasteiger partial charge in [-0.15, -0.1) is 0 Å². The lowest BCUT2D eigenvalue weighted by Crippen LogP contribution is -2.22. The maximum absolute atomic E-state index is 13.4. The highest BCUT2D eigenvalue weighted by molar-refractivity contribution is 6.30. The molecule has 1 N–H and O–H groups in total. The smallest absolute Gasteiger partial charge is 0.142 e. The predicted molar refractivity (Wildman–Crippen MR) is 75.6 cm³/mol. The minimum atomic E-state index is -0.385. The normalized spacial score (nSPS) is 14.1. The summed E-state index contributed by atoms with van der Waals surface area (Å²) < 4.78 is 13.4. The molecular weight excluding hydrogens is 263 g/mol. The maximum atomic E-state index is 13.4. The molecule has 0 spiro atoms. The molecule has 0 aliphatic carbocycles. The van der Waals surface area contributed by atoms with Crippen LogP contribution in [0.25, 0.3) is 0 Å². The zero-order valence-corrected chi connectivity index (χ0v) is 11.7. The fourth-order valence-electron chi connectivity index (χ4n) is 2.00. The molecule has 19 heavy (non-hydrogen) atoms. The lowest BCUT2D eigenvalue weighted by Gasteiger charge is -2.20. The van der Waals surface area contributed by atoms with Crippen molar-refractivity contribution in [1.29, 1.82) is 0 Å². The molecule has 100 valence electrons. The van der Waals surface area contributed by atoms with Crippen LogP contribution in [0.2, 0.25) is 5.02 Å². The van der Waals surface area contributed by atoms with Crippen molar-refractivity contribution in [2.24, 2.45) is 0 Å². The Hall–Kier alpha value is -1.45. The standard InChI is InChI=1S/C15H16ClFN2/c1-10(12-5-7-18-8-6-12)19-11(2)13-3-4-14(16)15(17)9-13/h3-11,19H,1-2H3/t10-,11?/m0/s1. The van der Waals surface area contributed by atoms with E-state index in [0.717, 1.165) is 11.1 Å². The molecular formula is C15H16ClFN2. The van der Waals surface area contributed by atoms with Crippen LogP contribution >= 0.6 is 11.6 Å². The van der Waals surface area contributed by atoms with Crippen molar-refractivity contribution < 1.29 is 4.39 Å². The molecule has 0 aliphatic rings. The topological polar surface area (TPSA) is 24.9 Å². The molecule has 0 amide bonds. The lowest BCUT2D eigenvalue weighted by atomic mass is 10.0. The highest BCUT2D eigenvalue weighted by atomic mass is 35.5. The first-order valence-electron chi connectivity index (χ1n) is 6.19. The summed E-state index contributed by atoms with van der Waals surface area (Å²) in [4.78, 5) is 3.99. The number of nitrogens with zero attached hydrogens (tertiary/aromatic N) is 1. The van der Waals surface area contributed by atoms with Crippen molar-refractivity contribution in [1.82, 2.24) is 10.3 Å². The van der Waals surface area contributed by atoms with Gasteiger partial charge in [-0.25, -0.2) is 4.39 Å². The molecule has 1 aromatic heterocycles. The summed E-state index contributed by atoms with van der Waals surface area (Å²) in [7, 11) is 0. The van der Waals surface area contributed by atoms with Crippen molar-refractivity contribution in [3.8, 4) is 0 Å². The lowest BCUT2D eigenvalue weighted by molar-refractivity contribution is 0.491. The number of aromatic nitrogens is 1. The number of hydrogen-bond donors (Lipinski definition) is 1. The van der Waals surface area contributed by atoms with Gasteiger partial charge in [0.2, 0.25) is 0 Å². The average molecular weight is 279 g/mol. The van der Waals surface area contributed by atoms with E-state index < -0.39 is 0 Å². The number of nitrogens with one attached hydrogen (secondary N) is 1. The summed E-state index contributed by atoms with van der Waals surface area (Å²) in [6.07, 6.45) is 3.53. The van der Waals surface area contributed by atoms with Crippen molar-refractivity contribution in [3.05, 3.63) is 64.7 Å². The van der Waals surface area contributed by atoms with Crippen molar-refractivity contribution in [3.63, 3.8) is 0 Å². The summed E-state index contributed by atoms with van der Waals surface area (Å²) in [5, 5.41) is 3.57. The van der Waals surface area contributed by atoms with Gasteiger partial charge in [-0.1, -0.05) is 17.7 Å². The second-order valence-electron chi connectivity index (χ2n) is 4.56. The van der Waals surface area contributed by atoms with Crippen molar-refractivity contribution in [2.75, 3.05) is 0 Å². The second-order valence-corrected chi connectivity index (χ2v) is 4.97. The van der Waals surface area contributed by atoms with Crippen LogP contribution < -0.4 is 5.32 Å². The van der Waals surface area contributed by atoms with Gasteiger partial charge in [0.1, 0.15) is 5.82 Å². The fraction of sp³-hybridized carbons (Fsp3) is 0.267. The van der Waals surface area contributed by atoms with Gasteiger partial charge in [0.15, 0.2) is 0 Å². The molecule has 1 aromatic carbocycles. The average Bonchev–Trinajstić information content (AvgIpc) is 2.42. The predicted octanol–water partition coefficient (Wildman–Crippen LogP) is 4.29. The molecule has 1 heterocycles. The van der Waals surface area contributed by atoms with Gasteiger partial charge in [-0.3, -0.25) is 4.98 Å². The van der Waals surface area contributed by atoms with Crippen LogP contribution in [0.1, 0.15) is 37.1 Å². The highest BCUT2D eigenvalue weighted by Gasteiger charge is 2.12. The van der Waals surface area contributed by atoms with Gasteiger partial charge < -0.3 is 5.32 Å². The summed E-state index contributed by atoms with van der Waals surface area (Å²) >= 11 is 5.68. The molecule has 0 bridgehead atoms. The van der Waals surface area contributed by atoms with Crippen LogP contribution in [-0.2, 0) is 0 Å². The van der Waals surface area contributed by atoms with Gasteiger partial charge in [0.05, 0.1) is 5.02 Å². The largest absolute Gasteiger partial charge is 0.304 e. The van der Waals surface area contributed by atoms with Gasteiger partial charge in [-0.2, -0.15) is 0 Å². The molecule has 2 rings (SSSR count). The Morgan fingerprint density at radius 2 is 1.68 bits per heavy atom. The van der Waals surface area contributed by atoms with Gasteiger partial charge >= 0.3 is 0 Å². The van der Waals surface area contributed by atoms with Crippen LogP contribution in [-0.4, -0.2) is 4.98 Å². The van der Waals surface area contributed by atoms with Crippen LogP contribution in [0.4, 0.5) is 4.39 Å². The quantitative estimate of drug-likeness (QED) is 0.903. The summed E-state index contributed by atoms with van der Waals surface area (Å²) in [5.41, 5.74) is 2.03. The van der Waals surface area contributed by atoms with Gasteiger partial charge in [0.25, 0.3) is 0 Å². The maximum Gasteiger partial charge on any atom is 0.142 e. The molecule has 2 nitrogen and oxygen atoms in total. The number of rotatable bonds is 4. The van der Waals surface area contributed by atoms with Crippen LogP contribution in [0, 0.1) is 5.82 Å². The first kappa shape index (κ1) is 14.0. The van der Waals surface area contributed by atoms with E-state index in [9.17, 15) is 4.39 Å². The summed E-state index contributed by atoms with van der Waals surface area (Å²) in [6, 6.07) is 9.02. The SMILES string of the molecule is CC(N[C@@H](C)c1ccncc1)c1ccc(Cl)c(F)c1. The van der Waals surface area contributed by atoms with E-state index in [1.54, 1.807) is 18.5 Å². The molecule has 2 aromatic rings. The van der Waals surface area contributed by atoms with E-state index in [4.69, 9.17) is 11.6 Å². The molecule has 0 saturated carbocycles. The molecule has 1 unspecified atom stereocenters. The van der Waals surface area contributed by atoms with E-state index in [1.807, 2.05) is 25.1 Å². The zero-order chi connectivity index (χ0) is 13.8. The minimum Gasteiger partial charge on any atom is -0.304 e. The third-order valence-corrected chi connectivity index (χ3v) is 3.46. The zero-order valence-electron chi connectivity index (χ0n) is 10.9. The van der Waals surface area contributed by atoms with E-state index >= 15 is 0 Å². The first-order valence-corrected chi connectivity index (χ1v) is 6.56.